The molecule has 4 nitrogen and oxygen atoms in total. The first-order valence-electron chi connectivity index (χ1n) is 4.27. The van der Waals surface area contributed by atoms with Gasteiger partial charge < -0.3 is 4.74 Å². The summed E-state index contributed by atoms with van der Waals surface area (Å²) in [7, 11) is 0. The minimum atomic E-state index is -0.330. The van der Waals surface area contributed by atoms with Crippen molar-refractivity contribution >= 4 is 27.8 Å². The van der Waals surface area contributed by atoms with Crippen LogP contribution in [0.3, 0.4) is 0 Å². The number of rotatable bonds is 1. The van der Waals surface area contributed by atoms with E-state index < -0.39 is 0 Å². The Labute approximate surface area is 90.0 Å². The van der Waals surface area contributed by atoms with E-state index in [0.29, 0.717) is 17.0 Å². The lowest BCUT2D eigenvalue weighted by Gasteiger charge is -2.16. The lowest BCUT2D eigenvalue weighted by Crippen LogP contribution is -2.31. The van der Waals surface area contributed by atoms with Gasteiger partial charge in [0.25, 0.3) is 0 Å². The highest BCUT2D eigenvalue weighted by Gasteiger charge is 2.31. The Morgan fingerprint density at radius 3 is 3.00 bits per heavy atom. The van der Waals surface area contributed by atoms with Crippen LogP contribution in [0.1, 0.15) is 6.92 Å². The Balaban J connectivity index is 2.34. The predicted octanol–water partition coefficient (Wildman–Crippen LogP) is 2.19. The maximum absolute atomic E-state index is 11.3. The number of ether oxygens (including phenoxy) is 1. The summed E-state index contributed by atoms with van der Waals surface area (Å²) in [5.41, 5.74) is 0. The van der Waals surface area contributed by atoms with Gasteiger partial charge in [0.15, 0.2) is 0 Å². The highest BCUT2D eigenvalue weighted by Crippen LogP contribution is 2.22. The van der Waals surface area contributed by atoms with Gasteiger partial charge in [-0.05, 0) is 35.0 Å². The van der Waals surface area contributed by atoms with Crippen LogP contribution in [0.15, 0.2) is 22.8 Å². The van der Waals surface area contributed by atoms with Crippen molar-refractivity contribution < 1.29 is 9.53 Å². The van der Waals surface area contributed by atoms with E-state index in [1.54, 1.807) is 11.0 Å². The van der Waals surface area contributed by atoms with Gasteiger partial charge in [-0.3, -0.25) is 4.90 Å². The molecule has 0 N–H and O–H groups in total. The smallest absolute Gasteiger partial charge is 0.415 e. The van der Waals surface area contributed by atoms with Crippen LogP contribution < -0.4 is 4.90 Å². The van der Waals surface area contributed by atoms with Crippen LogP contribution in [0.25, 0.3) is 0 Å². The summed E-state index contributed by atoms with van der Waals surface area (Å²) < 4.78 is 5.61. The fourth-order valence-corrected chi connectivity index (χ4v) is 1.70. The number of pyridine rings is 1. The molecule has 0 saturated carbocycles. The van der Waals surface area contributed by atoms with Gasteiger partial charge in [0.05, 0.1) is 6.04 Å². The summed E-state index contributed by atoms with van der Waals surface area (Å²) in [4.78, 5) is 17.1. The molecule has 1 aromatic rings. The molecule has 0 radical (unpaired) electrons. The SMILES string of the molecule is C[C@H]1COC(=O)N1c1cccc(Br)n1. The molecule has 2 heterocycles. The average molecular weight is 257 g/mol. The second-order valence-electron chi connectivity index (χ2n) is 3.11. The van der Waals surface area contributed by atoms with Crippen LogP contribution in [0.4, 0.5) is 10.6 Å². The average Bonchev–Trinajstić information content (AvgIpc) is 2.46. The van der Waals surface area contributed by atoms with Crippen molar-refractivity contribution in [1.29, 1.82) is 0 Å². The van der Waals surface area contributed by atoms with Crippen molar-refractivity contribution in [3.63, 3.8) is 0 Å². The number of anilines is 1. The first-order valence-corrected chi connectivity index (χ1v) is 5.06. The summed E-state index contributed by atoms with van der Waals surface area (Å²) >= 11 is 3.26. The van der Waals surface area contributed by atoms with E-state index in [0.717, 1.165) is 0 Å². The van der Waals surface area contributed by atoms with Gasteiger partial charge in [-0.1, -0.05) is 6.07 Å². The number of halogens is 1. The number of carbonyl (C=O) groups is 1. The summed E-state index contributed by atoms with van der Waals surface area (Å²) in [6.07, 6.45) is -0.330. The van der Waals surface area contributed by atoms with E-state index in [1.807, 2.05) is 19.1 Å². The Bertz CT molecular complexity index is 370. The van der Waals surface area contributed by atoms with Crippen molar-refractivity contribution in [2.24, 2.45) is 0 Å². The molecular formula is C9H9BrN2O2. The zero-order chi connectivity index (χ0) is 10.1. The quantitative estimate of drug-likeness (QED) is 0.724. The van der Waals surface area contributed by atoms with Gasteiger partial charge in [0, 0.05) is 0 Å². The van der Waals surface area contributed by atoms with Crippen molar-refractivity contribution in [1.82, 2.24) is 4.98 Å². The van der Waals surface area contributed by atoms with E-state index in [-0.39, 0.29) is 12.1 Å². The minimum absolute atomic E-state index is 0.0456. The van der Waals surface area contributed by atoms with Crippen LogP contribution in [0.5, 0.6) is 0 Å². The van der Waals surface area contributed by atoms with Crippen LogP contribution in [0.2, 0.25) is 0 Å². The van der Waals surface area contributed by atoms with E-state index in [4.69, 9.17) is 4.74 Å². The molecule has 2 rings (SSSR count). The zero-order valence-corrected chi connectivity index (χ0v) is 9.19. The van der Waals surface area contributed by atoms with Gasteiger partial charge in [-0.25, -0.2) is 9.78 Å². The molecule has 1 aromatic heterocycles. The van der Waals surface area contributed by atoms with Crippen LogP contribution in [-0.2, 0) is 4.74 Å². The summed E-state index contributed by atoms with van der Waals surface area (Å²) in [6.45, 7) is 2.35. The van der Waals surface area contributed by atoms with Gasteiger partial charge >= 0.3 is 6.09 Å². The first-order chi connectivity index (χ1) is 6.68. The highest BCUT2D eigenvalue weighted by atomic mass is 79.9. The predicted molar refractivity (Wildman–Crippen MR) is 55.2 cm³/mol. The number of cyclic esters (lactones) is 1. The Hall–Kier alpha value is -1.10. The van der Waals surface area contributed by atoms with Crippen molar-refractivity contribution in [3.8, 4) is 0 Å². The molecule has 0 unspecified atom stereocenters. The molecule has 14 heavy (non-hydrogen) atoms. The van der Waals surface area contributed by atoms with Crippen LogP contribution in [-0.4, -0.2) is 23.7 Å². The van der Waals surface area contributed by atoms with Crippen molar-refractivity contribution in [2.45, 2.75) is 13.0 Å². The summed E-state index contributed by atoms with van der Waals surface area (Å²) in [6, 6.07) is 5.48. The lowest BCUT2D eigenvalue weighted by molar-refractivity contribution is 0.179. The molecule has 1 fully saturated rings. The number of aromatic nitrogens is 1. The number of hydrogen-bond acceptors (Lipinski definition) is 3. The normalized spacial score (nSPS) is 21.1. The maximum atomic E-state index is 11.3. The molecule has 1 atom stereocenters. The number of hydrogen-bond donors (Lipinski definition) is 0. The minimum Gasteiger partial charge on any atom is -0.447 e. The second kappa shape index (κ2) is 3.57. The molecular weight excluding hydrogens is 248 g/mol. The fraction of sp³-hybridized carbons (Fsp3) is 0.333. The molecule has 74 valence electrons. The molecule has 1 amide bonds. The number of nitrogens with zero attached hydrogens (tertiary/aromatic N) is 2. The van der Waals surface area contributed by atoms with Crippen molar-refractivity contribution in [2.75, 3.05) is 11.5 Å². The topological polar surface area (TPSA) is 42.4 Å². The van der Waals surface area contributed by atoms with E-state index in [9.17, 15) is 4.79 Å². The molecule has 5 heteroatoms. The molecule has 0 aliphatic carbocycles. The third-order valence-electron chi connectivity index (χ3n) is 2.03. The van der Waals surface area contributed by atoms with E-state index >= 15 is 0 Å². The summed E-state index contributed by atoms with van der Waals surface area (Å²) in [5.74, 6) is 0.620. The van der Waals surface area contributed by atoms with E-state index in [1.165, 1.54) is 0 Å². The lowest BCUT2D eigenvalue weighted by atomic mass is 10.3. The third-order valence-corrected chi connectivity index (χ3v) is 2.47. The van der Waals surface area contributed by atoms with Gasteiger partial charge in [0.1, 0.15) is 17.0 Å². The molecule has 1 aliphatic heterocycles. The Kier molecular flexibility index (Phi) is 2.41. The maximum Gasteiger partial charge on any atom is 0.415 e. The van der Waals surface area contributed by atoms with Gasteiger partial charge in [0.2, 0.25) is 0 Å². The molecule has 0 spiro atoms. The molecule has 0 aromatic carbocycles. The molecule has 1 aliphatic rings. The Morgan fingerprint density at radius 1 is 1.64 bits per heavy atom. The van der Waals surface area contributed by atoms with Gasteiger partial charge in [-0.15, -0.1) is 0 Å². The second-order valence-corrected chi connectivity index (χ2v) is 3.93. The third kappa shape index (κ3) is 1.59. The van der Waals surface area contributed by atoms with Gasteiger partial charge in [-0.2, -0.15) is 0 Å². The molecule has 0 bridgehead atoms. The zero-order valence-electron chi connectivity index (χ0n) is 7.61. The Morgan fingerprint density at radius 2 is 2.43 bits per heavy atom. The monoisotopic (exact) mass is 256 g/mol. The fourth-order valence-electron chi connectivity index (χ4n) is 1.37. The summed E-state index contributed by atoms with van der Waals surface area (Å²) in [5, 5.41) is 0. The number of amides is 1. The van der Waals surface area contributed by atoms with E-state index in [2.05, 4.69) is 20.9 Å². The largest absolute Gasteiger partial charge is 0.447 e. The number of carbonyl (C=O) groups excluding carboxylic acids is 1. The standard InChI is InChI=1S/C9H9BrN2O2/c1-6-5-14-9(13)12(6)8-4-2-3-7(10)11-8/h2-4,6H,5H2,1H3/t6-/m0/s1. The van der Waals surface area contributed by atoms with Crippen LogP contribution in [0, 0.1) is 0 Å². The first kappa shape index (κ1) is 9.45. The molecule has 1 saturated heterocycles. The highest BCUT2D eigenvalue weighted by molar-refractivity contribution is 9.10. The van der Waals surface area contributed by atoms with Crippen LogP contribution >= 0.6 is 15.9 Å². The van der Waals surface area contributed by atoms with Crippen molar-refractivity contribution in [3.05, 3.63) is 22.8 Å².